The van der Waals surface area contributed by atoms with E-state index >= 15 is 0 Å². The van der Waals surface area contributed by atoms with E-state index in [9.17, 15) is 26.4 Å². The van der Waals surface area contributed by atoms with Crippen molar-refractivity contribution in [2.45, 2.75) is 44.7 Å². The maximum atomic E-state index is 12.4. The number of amides is 1. The van der Waals surface area contributed by atoms with E-state index in [4.69, 9.17) is 14.7 Å². The number of nitrogens with one attached hydrogen (secondary N) is 1. The lowest BCUT2D eigenvalue weighted by atomic mass is 10.0. The summed E-state index contributed by atoms with van der Waals surface area (Å²) in [6.45, 7) is 3.44. The number of carbonyl (C=O) groups is 1. The summed E-state index contributed by atoms with van der Waals surface area (Å²) < 4.78 is 67.3. The van der Waals surface area contributed by atoms with Crippen molar-refractivity contribution in [2.75, 3.05) is 13.2 Å². The van der Waals surface area contributed by atoms with Crippen molar-refractivity contribution in [1.82, 2.24) is 19.3 Å². The van der Waals surface area contributed by atoms with Crippen molar-refractivity contribution in [2.24, 2.45) is 0 Å². The fourth-order valence-electron chi connectivity index (χ4n) is 4.39. The van der Waals surface area contributed by atoms with E-state index in [1.165, 1.54) is 0 Å². The highest BCUT2D eigenvalue weighted by Gasteiger charge is 2.46. The third-order valence-corrected chi connectivity index (χ3v) is 7.51. The largest absolute Gasteiger partial charge is 0.516 e. The van der Waals surface area contributed by atoms with Gasteiger partial charge in [0.15, 0.2) is 0 Å². The number of sulfonamides is 1. The van der Waals surface area contributed by atoms with Crippen LogP contribution < -0.4 is 4.72 Å². The topological polar surface area (TPSA) is 103 Å². The minimum atomic E-state index is -5.74. The minimum Gasteiger partial charge on any atom is -0.372 e. The first kappa shape index (κ1) is 30.9. The molecule has 0 aliphatic carbocycles. The molecule has 0 saturated carbocycles. The Morgan fingerprint density at radius 1 is 0.952 bits per heavy atom. The zero-order chi connectivity index (χ0) is 30.3. The number of carbonyl (C=O) groups excluding carboxylic acids is 1. The Morgan fingerprint density at radius 2 is 1.57 bits per heavy atom. The predicted molar refractivity (Wildman–Crippen MR) is 154 cm³/mol. The summed E-state index contributed by atoms with van der Waals surface area (Å²) in [5, 5.41) is 0. The molecule has 0 radical (unpaired) electrons. The van der Waals surface area contributed by atoms with Crippen LogP contribution in [0.3, 0.4) is 0 Å². The summed E-state index contributed by atoms with van der Waals surface area (Å²) >= 11 is 0. The molecule has 12 heteroatoms. The molecule has 1 N–H and O–H groups in total. The monoisotopic (exact) mass is 600 g/mol. The average Bonchev–Trinajstić information content (AvgIpc) is 3.39. The molecule has 0 spiro atoms. The lowest BCUT2D eigenvalue weighted by Crippen LogP contribution is -2.41. The van der Waals surface area contributed by atoms with Crippen molar-refractivity contribution in [3.8, 4) is 33.8 Å². The number of rotatable bonds is 12. The second-order valence-electron chi connectivity index (χ2n) is 9.89. The molecule has 8 nitrogen and oxygen atoms in total. The normalized spacial score (nSPS) is 12.0. The summed E-state index contributed by atoms with van der Waals surface area (Å²) in [5.74, 6) is -1.38. The molecular weight excluding hydrogens is 569 g/mol. The van der Waals surface area contributed by atoms with Gasteiger partial charge in [-0.25, -0.2) is 9.71 Å². The fourth-order valence-corrected chi connectivity index (χ4v) is 4.87. The van der Waals surface area contributed by atoms with Crippen LogP contribution in [0.2, 0.25) is 0 Å². The molecule has 222 valence electrons. The highest BCUT2D eigenvalue weighted by atomic mass is 32.2. The second-order valence-corrected chi connectivity index (χ2v) is 11.6. The number of ether oxygens (including phenoxy) is 1. The highest BCUT2D eigenvalue weighted by molar-refractivity contribution is 7.90. The molecule has 1 amide bonds. The fraction of sp³-hybridized carbons (Fsp3) is 0.300. The Hall–Kier alpha value is -4.03. The second kappa shape index (κ2) is 13.3. The summed E-state index contributed by atoms with van der Waals surface area (Å²) in [7, 11) is -5.74. The van der Waals surface area contributed by atoms with Crippen molar-refractivity contribution >= 4 is 15.9 Å². The quantitative estimate of drug-likeness (QED) is 0.195. The van der Waals surface area contributed by atoms with Gasteiger partial charge in [-0.1, -0.05) is 60.7 Å². The Bertz CT molecular complexity index is 1610. The predicted octanol–water partition coefficient (Wildman–Crippen LogP) is 6.17. The molecule has 2 heterocycles. The van der Waals surface area contributed by atoms with Gasteiger partial charge in [0.2, 0.25) is 0 Å². The lowest BCUT2D eigenvalue weighted by molar-refractivity contribution is -0.124. The molecule has 0 unspecified atom stereocenters. The van der Waals surface area contributed by atoms with Gasteiger partial charge in [-0.15, -0.1) is 0 Å². The smallest absolute Gasteiger partial charge is 0.372 e. The van der Waals surface area contributed by atoms with E-state index in [2.05, 4.69) is 24.5 Å². The first-order valence-corrected chi connectivity index (χ1v) is 14.8. The average molecular weight is 601 g/mol. The molecule has 0 saturated heterocycles. The summed E-state index contributed by atoms with van der Waals surface area (Å²) in [6.07, 6.45) is 5.69. The van der Waals surface area contributed by atoms with Gasteiger partial charge < -0.3 is 9.30 Å². The van der Waals surface area contributed by atoms with Crippen molar-refractivity contribution < 1.29 is 31.1 Å². The SMILES string of the molecule is CC(C)n1cc(-c2cnc(-c3ccccc3)c(-c3ccccc3)n2)cc1CCCCOCC(=O)NS(=O)(=O)C(F)(F)F. The Morgan fingerprint density at radius 3 is 2.17 bits per heavy atom. The van der Waals surface area contributed by atoms with Crippen LogP contribution in [-0.4, -0.2) is 47.6 Å². The van der Waals surface area contributed by atoms with Crippen LogP contribution >= 0.6 is 0 Å². The maximum Gasteiger partial charge on any atom is 0.516 e. The van der Waals surface area contributed by atoms with Gasteiger partial charge >= 0.3 is 15.5 Å². The molecule has 2 aromatic carbocycles. The van der Waals surface area contributed by atoms with E-state index in [-0.39, 0.29) is 12.6 Å². The van der Waals surface area contributed by atoms with Gasteiger partial charge in [0.05, 0.1) is 23.3 Å². The number of benzene rings is 2. The Kier molecular flexibility index (Phi) is 9.79. The number of halogens is 3. The molecule has 0 fully saturated rings. The van der Waals surface area contributed by atoms with Crippen LogP contribution in [0.1, 0.15) is 38.4 Å². The van der Waals surface area contributed by atoms with Gasteiger partial charge in [0.1, 0.15) is 6.61 Å². The number of unbranched alkanes of at least 4 members (excludes halogenated alkanes) is 1. The molecule has 2 aromatic heterocycles. The third kappa shape index (κ3) is 7.62. The van der Waals surface area contributed by atoms with E-state index in [1.54, 1.807) is 6.20 Å². The summed E-state index contributed by atoms with van der Waals surface area (Å²) in [5.41, 5.74) is 0.645. The van der Waals surface area contributed by atoms with E-state index in [1.807, 2.05) is 66.9 Å². The molecule has 4 rings (SSSR count). The van der Waals surface area contributed by atoms with Crippen LogP contribution in [-0.2, 0) is 26.0 Å². The zero-order valence-corrected chi connectivity index (χ0v) is 24.0. The molecule has 0 aliphatic heterocycles. The molecule has 4 aromatic rings. The molecule has 0 aliphatic rings. The number of aromatic nitrogens is 3. The summed E-state index contributed by atoms with van der Waals surface area (Å²) in [4.78, 5) is 21.3. The van der Waals surface area contributed by atoms with Gasteiger partial charge in [-0.3, -0.25) is 9.78 Å². The van der Waals surface area contributed by atoms with Crippen LogP contribution in [0.5, 0.6) is 0 Å². The van der Waals surface area contributed by atoms with Crippen LogP contribution in [0, 0.1) is 0 Å². The first-order valence-electron chi connectivity index (χ1n) is 13.3. The van der Waals surface area contributed by atoms with Crippen molar-refractivity contribution in [1.29, 1.82) is 0 Å². The number of nitrogens with zero attached hydrogens (tertiary/aromatic N) is 3. The van der Waals surface area contributed by atoms with Crippen molar-refractivity contribution in [3.05, 3.63) is 84.8 Å². The Labute approximate surface area is 242 Å². The first-order chi connectivity index (χ1) is 20.0. The van der Waals surface area contributed by atoms with E-state index in [0.29, 0.717) is 19.3 Å². The maximum absolute atomic E-state index is 12.4. The number of hydrogen-bond donors (Lipinski definition) is 1. The van der Waals surface area contributed by atoms with Crippen molar-refractivity contribution in [3.63, 3.8) is 0 Å². The van der Waals surface area contributed by atoms with Crippen LogP contribution in [0.15, 0.2) is 79.1 Å². The number of hydrogen-bond acceptors (Lipinski definition) is 6. The molecular formula is C30H31F3N4O4S. The van der Waals surface area contributed by atoms with Crippen LogP contribution in [0.25, 0.3) is 33.8 Å². The lowest BCUT2D eigenvalue weighted by Gasteiger charge is -2.13. The van der Waals surface area contributed by atoms with E-state index in [0.717, 1.165) is 44.2 Å². The van der Waals surface area contributed by atoms with Crippen LogP contribution in [0.4, 0.5) is 13.2 Å². The molecule has 0 bridgehead atoms. The molecule has 0 atom stereocenters. The van der Waals surface area contributed by atoms with Gasteiger partial charge in [-0.2, -0.15) is 21.6 Å². The molecule has 42 heavy (non-hydrogen) atoms. The standard InChI is InChI=1S/C30H31F3N4O4S/c1-21(2)37-19-24(17-25(37)15-9-10-16-41-20-27(38)36-42(39,40)30(31,32)33)26-18-34-28(22-11-5-3-6-12-22)29(35-26)23-13-7-4-8-14-23/h3-8,11-14,17-19,21H,9-10,15-16,20H2,1-2H3,(H,36,38). The minimum absolute atomic E-state index is 0.0849. The Balaban J connectivity index is 1.44. The highest BCUT2D eigenvalue weighted by Crippen LogP contribution is 2.32. The number of alkyl halides is 3. The third-order valence-electron chi connectivity index (χ3n) is 6.41. The summed E-state index contributed by atoms with van der Waals surface area (Å²) in [6, 6.07) is 22.0. The van der Waals surface area contributed by atoms with Gasteiger partial charge in [0.25, 0.3) is 5.91 Å². The van der Waals surface area contributed by atoms with Gasteiger partial charge in [-0.05, 0) is 39.2 Å². The van der Waals surface area contributed by atoms with E-state index < -0.39 is 28.0 Å². The zero-order valence-electron chi connectivity index (χ0n) is 23.1. The van der Waals surface area contributed by atoms with Gasteiger partial charge in [0, 0.05) is 41.2 Å². The number of aryl methyl sites for hydroxylation is 1.